The number of nitrogens with one attached hydrogen (secondary N) is 1. The van der Waals surface area contributed by atoms with Crippen molar-refractivity contribution in [2.75, 3.05) is 19.0 Å². The highest BCUT2D eigenvalue weighted by atomic mass is 32.1. The second-order valence-electron chi connectivity index (χ2n) is 8.10. The van der Waals surface area contributed by atoms with E-state index in [1.807, 2.05) is 19.1 Å². The number of carbonyl (C=O) groups is 1. The van der Waals surface area contributed by atoms with E-state index in [4.69, 9.17) is 14.2 Å². The SMILES string of the molecule is COc1cnc2c(-c3nc4cc(F)c(OCC(C)OC(=O)Nc5cccnc5)nc4s3)cc(C)cc2n1. The van der Waals surface area contributed by atoms with Gasteiger partial charge in [-0.1, -0.05) is 11.3 Å². The summed E-state index contributed by atoms with van der Waals surface area (Å²) in [6.45, 7) is 3.48. The lowest BCUT2D eigenvalue weighted by Crippen LogP contribution is -2.25. The molecule has 0 aliphatic heterocycles. The van der Waals surface area contributed by atoms with Crippen LogP contribution in [0.2, 0.25) is 0 Å². The fourth-order valence-corrected chi connectivity index (χ4v) is 4.48. The van der Waals surface area contributed by atoms with Crippen molar-refractivity contribution in [2.45, 2.75) is 20.0 Å². The van der Waals surface area contributed by atoms with Gasteiger partial charge < -0.3 is 14.2 Å². The number of fused-ring (bicyclic) bond motifs is 2. The van der Waals surface area contributed by atoms with Gasteiger partial charge in [0.25, 0.3) is 5.88 Å². The van der Waals surface area contributed by atoms with Crippen LogP contribution in [0.4, 0.5) is 14.9 Å². The Kier molecular flexibility index (Phi) is 6.73. The second kappa shape index (κ2) is 10.3. The summed E-state index contributed by atoms with van der Waals surface area (Å²) in [7, 11) is 1.53. The lowest BCUT2D eigenvalue weighted by Gasteiger charge is -2.14. The van der Waals surface area contributed by atoms with Crippen molar-refractivity contribution in [2.24, 2.45) is 0 Å². The number of nitrogens with zero attached hydrogens (tertiary/aromatic N) is 5. The number of aromatic nitrogens is 5. The zero-order valence-corrected chi connectivity index (χ0v) is 20.9. The van der Waals surface area contributed by atoms with Gasteiger partial charge in [0.05, 0.1) is 36.2 Å². The van der Waals surface area contributed by atoms with E-state index in [2.05, 4.69) is 30.2 Å². The second-order valence-corrected chi connectivity index (χ2v) is 9.08. The molecule has 0 aliphatic rings. The quantitative estimate of drug-likeness (QED) is 0.310. The van der Waals surface area contributed by atoms with E-state index in [0.29, 0.717) is 38.0 Å². The standard InChI is InChI=1S/C25H21FN6O4S/c1-13-7-16(21-18(8-13)30-20(34-3)11-28-21)23-31-19-9-17(26)22(32-24(19)37-23)35-12-14(2)36-25(33)29-15-5-4-6-27-10-15/h4-11,14H,12H2,1-3H3,(H,29,33). The van der Waals surface area contributed by atoms with E-state index in [-0.39, 0.29) is 12.5 Å². The molecule has 1 N–H and O–H groups in total. The summed E-state index contributed by atoms with van der Waals surface area (Å²) in [6, 6.07) is 8.49. The van der Waals surface area contributed by atoms with Gasteiger partial charge in [-0.3, -0.25) is 10.3 Å². The highest BCUT2D eigenvalue weighted by Crippen LogP contribution is 2.35. The lowest BCUT2D eigenvalue weighted by atomic mass is 10.1. The Hall–Kier alpha value is -4.45. The molecule has 0 radical (unpaired) electrons. The van der Waals surface area contributed by atoms with Crippen LogP contribution in [0.3, 0.4) is 0 Å². The fraction of sp³-hybridized carbons (Fsp3) is 0.200. The van der Waals surface area contributed by atoms with Crippen molar-refractivity contribution in [1.29, 1.82) is 0 Å². The van der Waals surface area contributed by atoms with Gasteiger partial charge in [-0.25, -0.2) is 24.1 Å². The van der Waals surface area contributed by atoms with E-state index in [9.17, 15) is 9.18 Å². The summed E-state index contributed by atoms with van der Waals surface area (Å²) in [4.78, 5) is 34.3. The number of thiazole rings is 1. The van der Waals surface area contributed by atoms with Gasteiger partial charge in [-0.05, 0) is 43.7 Å². The van der Waals surface area contributed by atoms with E-state index < -0.39 is 18.0 Å². The van der Waals surface area contributed by atoms with Crippen LogP contribution >= 0.6 is 11.3 Å². The van der Waals surface area contributed by atoms with Crippen LogP contribution in [-0.4, -0.2) is 50.8 Å². The largest absolute Gasteiger partial charge is 0.480 e. The Morgan fingerprint density at radius 3 is 2.81 bits per heavy atom. The first-order valence-electron chi connectivity index (χ1n) is 11.2. The third kappa shape index (κ3) is 5.38. The minimum atomic E-state index is -0.675. The van der Waals surface area contributed by atoms with Crippen molar-refractivity contribution in [3.63, 3.8) is 0 Å². The van der Waals surface area contributed by atoms with Gasteiger partial charge >= 0.3 is 6.09 Å². The highest BCUT2D eigenvalue weighted by molar-refractivity contribution is 7.21. The third-order valence-electron chi connectivity index (χ3n) is 5.18. The van der Waals surface area contributed by atoms with Gasteiger partial charge in [0, 0.05) is 17.8 Å². The Morgan fingerprint density at radius 2 is 2.03 bits per heavy atom. The summed E-state index contributed by atoms with van der Waals surface area (Å²) < 4.78 is 30.7. The average molecular weight is 521 g/mol. The molecule has 0 fully saturated rings. The Morgan fingerprint density at radius 1 is 1.16 bits per heavy atom. The molecule has 5 aromatic rings. The molecule has 0 spiro atoms. The molecule has 1 atom stereocenters. The van der Waals surface area contributed by atoms with Crippen molar-refractivity contribution in [1.82, 2.24) is 24.9 Å². The number of carbonyl (C=O) groups excluding carboxylic acids is 1. The predicted molar refractivity (Wildman–Crippen MR) is 136 cm³/mol. The van der Waals surface area contributed by atoms with Crippen LogP contribution in [-0.2, 0) is 4.74 Å². The monoisotopic (exact) mass is 520 g/mol. The molecule has 5 rings (SSSR count). The van der Waals surface area contributed by atoms with Crippen molar-refractivity contribution < 1.29 is 23.4 Å². The average Bonchev–Trinajstić information content (AvgIpc) is 3.29. The number of anilines is 1. The maximum atomic E-state index is 14.7. The van der Waals surface area contributed by atoms with Gasteiger partial charge in [0.15, 0.2) is 5.82 Å². The Balaban J connectivity index is 1.33. The molecular weight excluding hydrogens is 499 g/mol. The molecule has 1 aromatic carbocycles. The fourth-order valence-electron chi connectivity index (χ4n) is 3.55. The number of hydrogen-bond acceptors (Lipinski definition) is 10. The Bertz CT molecular complexity index is 1600. The first-order chi connectivity index (χ1) is 17.9. The molecule has 12 heteroatoms. The molecule has 10 nitrogen and oxygen atoms in total. The van der Waals surface area contributed by atoms with Crippen molar-refractivity contribution in [3.8, 4) is 22.3 Å². The topological polar surface area (TPSA) is 121 Å². The smallest absolute Gasteiger partial charge is 0.412 e. The van der Waals surface area contributed by atoms with Gasteiger partial charge in [-0.15, -0.1) is 0 Å². The number of halogens is 1. The van der Waals surface area contributed by atoms with Crippen LogP contribution in [0, 0.1) is 12.7 Å². The van der Waals surface area contributed by atoms with Crippen LogP contribution in [0.15, 0.2) is 48.9 Å². The van der Waals surface area contributed by atoms with Crippen LogP contribution < -0.4 is 14.8 Å². The van der Waals surface area contributed by atoms with Gasteiger partial charge in [0.1, 0.15) is 28.1 Å². The molecule has 0 saturated heterocycles. The van der Waals surface area contributed by atoms with Crippen LogP contribution in [0.1, 0.15) is 12.5 Å². The molecule has 188 valence electrons. The minimum Gasteiger partial charge on any atom is -0.480 e. The maximum absolute atomic E-state index is 14.7. The molecule has 37 heavy (non-hydrogen) atoms. The number of pyridine rings is 2. The number of hydrogen-bond donors (Lipinski definition) is 1. The maximum Gasteiger partial charge on any atom is 0.412 e. The van der Waals surface area contributed by atoms with Gasteiger partial charge in [-0.2, -0.15) is 4.98 Å². The number of ether oxygens (including phenoxy) is 3. The van der Waals surface area contributed by atoms with E-state index >= 15 is 0 Å². The molecular formula is C25H21FN6O4S. The first-order valence-corrected chi connectivity index (χ1v) is 12.0. The van der Waals surface area contributed by atoms with Crippen LogP contribution in [0.5, 0.6) is 11.8 Å². The normalized spacial score (nSPS) is 11.9. The number of methoxy groups -OCH3 is 1. The summed E-state index contributed by atoms with van der Waals surface area (Å²) in [6.07, 6.45) is 3.28. The summed E-state index contributed by atoms with van der Waals surface area (Å²) in [5.74, 6) is -0.467. The van der Waals surface area contributed by atoms with Gasteiger partial charge in [0.2, 0.25) is 5.88 Å². The number of aryl methyl sites for hydroxylation is 1. The number of benzene rings is 1. The third-order valence-corrected chi connectivity index (χ3v) is 6.18. The molecule has 4 heterocycles. The van der Waals surface area contributed by atoms with E-state index in [1.165, 1.54) is 30.7 Å². The predicted octanol–water partition coefficient (Wildman–Crippen LogP) is 5.17. The van der Waals surface area contributed by atoms with Crippen LogP contribution in [0.25, 0.3) is 32.0 Å². The minimum absolute atomic E-state index is 0.0957. The molecule has 4 aromatic heterocycles. The van der Waals surface area contributed by atoms with Crippen molar-refractivity contribution in [3.05, 3.63) is 60.3 Å². The highest BCUT2D eigenvalue weighted by Gasteiger charge is 2.18. The van der Waals surface area contributed by atoms with E-state index in [1.54, 1.807) is 31.5 Å². The Labute approximate surface area is 214 Å². The van der Waals surface area contributed by atoms with Crippen molar-refractivity contribution >= 4 is 44.5 Å². The zero-order chi connectivity index (χ0) is 25.9. The molecule has 0 bridgehead atoms. The number of amides is 1. The summed E-state index contributed by atoms with van der Waals surface area (Å²) in [5, 5.41) is 3.18. The molecule has 0 aliphatic carbocycles. The zero-order valence-electron chi connectivity index (χ0n) is 20.1. The van der Waals surface area contributed by atoms with E-state index in [0.717, 1.165) is 11.1 Å². The number of rotatable bonds is 7. The lowest BCUT2D eigenvalue weighted by molar-refractivity contribution is 0.0827. The molecule has 0 saturated carbocycles. The molecule has 1 unspecified atom stereocenters. The summed E-state index contributed by atoms with van der Waals surface area (Å²) >= 11 is 1.28. The molecule has 1 amide bonds. The summed E-state index contributed by atoms with van der Waals surface area (Å²) in [5.41, 5.74) is 3.93. The first kappa shape index (κ1) is 24.3.